The van der Waals surface area contributed by atoms with Gasteiger partial charge in [-0.2, -0.15) is 0 Å². The summed E-state index contributed by atoms with van der Waals surface area (Å²) < 4.78 is 0. The van der Waals surface area contributed by atoms with Gasteiger partial charge in [0.15, 0.2) is 0 Å². The van der Waals surface area contributed by atoms with Gasteiger partial charge in [0, 0.05) is 12.2 Å². The number of benzene rings is 1. The highest BCUT2D eigenvalue weighted by Crippen LogP contribution is 2.29. The van der Waals surface area contributed by atoms with Crippen LogP contribution >= 0.6 is 0 Å². The molecular formula is C13H13NO3. The van der Waals surface area contributed by atoms with E-state index in [0.717, 1.165) is 12.0 Å². The molecular weight excluding hydrogens is 218 g/mol. The summed E-state index contributed by atoms with van der Waals surface area (Å²) in [4.78, 5) is 24.3. The topological polar surface area (TPSA) is 57.6 Å². The molecule has 0 radical (unpaired) electrons. The molecule has 17 heavy (non-hydrogen) atoms. The smallest absolute Gasteiger partial charge is 0.335 e. The van der Waals surface area contributed by atoms with E-state index in [9.17, 15) is 9.59 Å². The van der Waals surface area contributed by atoms with Crippen LogP contribution in [0.5, 0.6) is 0 Å². The first-order valence-electron chi connectivity index (χ1n) is 5.44. The summed E-state index contributed by atoms with van der Waals surface area (Å²) in [5.41, 5.74) is 1.95. The van der Waals surface area contributed by atoms with Gasteiger partial charge in [-0.3, -0.25) is 4.79 Å². The van der Waals surface area contributed by atoms with Crippen molar-refractivity contribution < 1.29 is 14.7 Å². The Morgan fingerprint density at radius 2 is 2.18 bits per heavy atom. The molecule has 1 aromatic carbocycles. The van der Waals surface area contributed by atoms with Crippen molar-refractivity contribution in [1.82, 2.24) is 0 Å². The summed E-state index contributed by atoms with van der Waals surface area (Å²) in [5.74, 6) is -1.08. The van der Waals surface area contributed by atoms with Crippen molar-refractivity contribution in [2.24, 2.45) is 0 Å². The zero-order valence-electron chi connectivity index (χ0n) is 9.51. The average molecular weight is 231 g/mol. The van der Waals surface area contributed by atoms with E-state index in [1.54, 1.807) is 36.1 Å². The number of fused-ring (bicyclic) bond motifs is 1. The number of amides is 1. The van der Waals surface area contributed by atoms with Gasteiger partial charge < -0.3 is 10.0 Å². The molecule has 0 aliphatic carbocycles. The van der Waals surface area contributed by atoms with Crippen LogP contribution in [-0.4, -0.2) is 23.5 Å². The Morgan fingerprint density at radius 3 is 2.82 bits per heavy atom. The summed E-state index contributed by atoms with van der Waals surface area (Å²) >= 11 is 0. The first-order chi connectivity index (χ1) is 8.13. The highest BCUT2D eigenvalue weighted by atomic mass is 16.4. The molecule has 4 nitrogen and oxygen atoms in total. The predicted molar refractivity (Wildman–Crippen MR) is 64.3 cm³/mol. The second-order valence-corrected chi connectivity index (χ2v) is 3.89. The maximum absolute atomic E-state index is 11.8. The van der Waals surface area contributed by atoms with Crippen molar-refractivity contribution in [1.29, 1.82) is 0 Å². The fourth-order valence-electron chi connectivity index (χ4n) is 1.97. The molecule has 1 amide bonds. The van der Waals surface area contributed by atoms with Gasteiger partial charge in [0.2, 0.25) is 0 Å². The zero-order chi connectivity index (χ0) is 12.4. The van der Waals surface area contributed by atoms with Gasteiger partial charge in [0.1, 0.15) is 0 Å². The maximum atomic E-state index is 11.8. The van der Waals surface area contributed by atoms with Gasteiger partial charge in [-0.15, -0.1) is 0 Å². The van der Waals surface area contributed by atoms with Gasteiger partial charge in [-0.1, -0.05) is 12.1 Å². The molecule has 1 aliphatic rings. The molecule has 88 valence electrons. The minimum Gasteiger partial charge on any atom is -0.478 e. The largest absolute Gasteiger partial charge is 0.478 e. The van der Waals surface area contributed by atoms with E-state index in [4.69, 9.17) is 5.11 Å². The first kappa shape index (κ1) is 11.4. The molecule has 1 N–H and O–H groups in total. The highest BCUT2D eigenvalue weighted by molar-refractivity contribution is 6.03. The van der Waals surface area contributed by atoms with Crippen LogP contribution in [0.15, 0.2) is 30.4 Å². The number of rotatable bonds is 2. The number of carbonyl (C=O) groups is 2. The Kier molecular flexibility index (Phi) is 2.95. The summed E-state index contributed by atoms with van der Waals surface area (Å²) in [6.45, 7) is 2.39. The van der Waals surface area contributed by atoms with Gasteiger partial charge in [0.05, 0.1) is 5.56 Å². The third kappa shape index (κ3) is 2.06. The number of hydrogen-bond donors (Lipinski definition) is 1. The minimum absolute atomic E-state index is 0.103. The number of carboxylic acid groups (broad SMARTS) is 1. The SMILES string of the molecule is C/C=C/C(=O)N1CCc2ccc(C(=O)O)cc21. The van der Waals surface area contributed by atoms with E-state index in [-0.39, 0.29) is 11.5 Å². The third-order valence-electron chi connectivity index (χ3n) is 2.80. The van der Waals surface area contributed by atoms with Crippen LogP contribution in [0.4, 0.5) is 5.69 Å². The second-order valence-electron chi connectivity index (χ2n) is 3.89. The van der Waals surface area contributed by atoms with Crippen molar-refractivity contribution in [3.05, 3.63) is 41.5 Å². The summed E-state index contributed by atoms with van der Waals surface area (Å²) in [6, 6.07) is 4.92. The molecule has 0 spiro atoms. The number of hydrogen-bond acceptors (Lipinski definition) is 2. The molecule has 0 unspecified atom stereocenters. The van der Waals surface area contributed by atoms with Gasteiger partial charge in [0.25, 0.3) is 5.91 Å². The van der Waals surface area contributed by atoms with Crippen LogP contribution in [0.2, 0.25) is 0 Å². The maximum Gasteiger partial charge on any atom is 0.335 e. The first-order valence-corrected chi connectivity index (χ1v) is 5.44. The standard InChI is InChI=1S/C13H13NO3/c1-2-3-12(15)14-7-6-9-4-5-10(13(16)17)8-11(9)14/h2-5,8H,6-7H2,1H3,(H,16,17)/b3-2+. The molecule has 2 rings (SSSR count). The number of carbonyl (C=O) groups excluding carboxylic acids is 1. The molecule has 0 aromatic heterocycles. The van der Waals surface area contributed by atoms with Crippen molar-refractivity contribution in [2.75, 3.05) is 11.4 Å². The van der Waals surface area contributed by atoms with E-state index in [2.05, 4.69) is 0 Å². The lowest BCUT2D eigenvalue weighted by molar-refractivity contribution is -0.114. The van der Waals surface area contributed by atoms with Gasteiger partial charge >= 0.3 is 5.97 Å². The Labute approximate surface area is 99.2 Å². The molecule has 0 bridgehead atoms. The van der Waals surface area contributed by atoms with E-state index in [1.165, 1.54) is 6.08 Å². The summed E-state index contributed by atoms with van der Waals surface area (Å²) in [6.07, 6.45) is 3.95. The van der Waals surface area contributed by atoms with E-state index >= 15 is 0 Å². The van der Waals surface area contributed by atoms with Crippen molar-refractivity contribution in [3.63, 3.8) is 0 Å². The van der Waals surface area contributed by atoms with Crippen LogP contribution in [-0.2, 0) is 11.2 Å². The molecule has 0 saturated heterocycles. The minimum atomic E-state index is -0.974. The van der Waals surface area contributed by atoms with Crippen LogP contribution in [0.25, 0.3) is 0 Å². The van der Waals surface area contributed by atoms with E-state index < -0.39 is 5.97 Å². The third-order valence-corrected chi connectivity index (χ3v) is 2.80. The number of anilines is 1. The van der Waals surface area contributed by atoms with Crippen molar-refractivity contribution in [2.45, 2.75) is 13.3 Å². The number of nitrogens with zero attached hydrogens (tertiary/aromatic N) is 1. The average Bonchev–Trinajstić information content (AvgIpc) is 2.71. The molecule has 1 aliphatic heterocycles. The van der Waals surface area contributed by atoms with Crippen LogP contribution in [0.3, 0.4) is 0 Å². The normalized spacial score (nSPS) is 14.1. The Morgan fingerprint density at radius 1 is 1.41 bits per heavy atom. The highest BCUT2D eigenvalue weighted by Gasteiger charge is 2.24. The molecule has 4 heteroatoms. The number of carboxylic acids is 1. The zero-order valence-corrected chi connectivity index (χ0v) is 9.51. The van der Waals surface area contributed by atoms with Crippen LogP contribution in [0, 0.1) is 0 Å². The van der Waals surface area contributed by atoms with E-state index in [0.29, 0.717) is 12.2 Å². The Hall–Kier alpha value is -2.10. The van der Waals surface area contributed by atoms with Crippen LogP contribution < -0.4 is 4.90 Å². The van der Waals surface area contributed by atoms with Crippen molar-refractivity contribution >= 4 is 17.6 Å². The molecule has 0 atom stereocenters. The van der Waals surface area contributed by atoms with Gasteiger partial charge in [-0.25, -0.2) is 4.79 Å². The number of aromatic carboxylic acids is 1. The lowest BCUT2D eigenvalue weighted by Gasteiger charge is -2.15. The molecule has 0 fully saturated rings. The summed E-state index contributed by atoms with van der Waals surface area (Å²) in [7, 11) is 0. The lowest BCUT2D eigenvalue weighted by atomic mass is 10.1. The number of allylic oxidation sites excluding steroid dienone is 1. The van der Waals surface area contributed by atoms with Gasteiger partial charge in [-0.05, 0) is 37.1 Å². The predicted octanol–water partition coefficient (Wildman–Crippen LogP) is 1.85. The Bertz CT molecular complexity index is 505. The quantitative estimate of drug-likeness (QED) is 0.790. The Balaban J connectivity index is 2.39. The molecule has 0 saturated carbocycles. The lowest BCUT2D eigenvalue weighted by Crippen LogP contribution is -2.26. The fourth-order valence-corrected chi connectivity index (χ4v) is 1.97. The molecule has 1 aromatic rings. The van der Waals surface area contributed by atoms with E-state index in [1.807, 2.05) is 0 Å². The fraction of sp³-hybridized carbons (Fsp3) is 0.231. The molecule has 1 heterocycles. The second kappa shape index (κ2) is 4.41. The summed E-state index contributed by atoms with van der Waals surface area (Å²) in [5, 5.41) is 8.93. The van der Waals surface area contributed by atoms with Crippen LogP contribution in [0.1, 0.15) is 22.8 Å². The van der Waals surface area contributed by atoms with Crippen molar-refractivity contribution in [3.8, 4) is 0 Å². The monoisotopic (exact) mass is 231 g/mol.